The monoisotopic (exact) mass is 355 g/mol. The summed E-state index contributed by atoms with van der Waals surface area (Å²) in [4.78, 5) is 2.08. The van der Waals surface area contributed by atoms with Gasteiger partial charge in [0.05, 0.1) is 5.92 Å². The topological polar surface area (TPSA) is 41.3 Å². The van der Waals surface area contributed by atoms with E-state index in [1.807, 2.05) is 19.1 Å². The molecule has 0 atom stereocenters. The van der Waals surface area contributed by atoms with Crippen LogP contribution in [0.3, 0.4) is 0 Å². The predicted octanol–water partition coefficient (Wildman–Crippen LogP) is 4.46. The van der Waals surface area contributed by atoms with Crippen LogP contribution in [0.15, 0.2) is 18.2 Å². The third-order valence-corrected chi connectivity index (χ3v) is 5.64. The molecule has 1 heterocycles. The Morgan fingerprint density at radius 2 is 1.68 bits per heavy atom. The van der Waals surface area contributed by atoms with E-state index in [4.69, 9.17) is 5.73 Å². The first-order chi connectivity index (χ1) is 11.8. The summed E-state index contributed by atoms with van der Waals surface area (Å²) >= 11 is 0. The van der Waals surface area contributed by atoms with Crippen LogP contribution in [0.2, 0.25) is 0 Å². The van der Waals surface area contributed by atoms with Gasteiger partial charge in [0.25, 0.3) is 0 Å². The van der Waals surface area contributed by atoms with Crippen molar-refractivity contribution in [2.24, 2.45) is 11.7 Å². The molecule has 2 aliphatic rings. The number of hydrogen-bond acceptors (Lipinski definition) is 3. The Kier molecular flexibility index (Phi) is 5.46. The number of aryl methyl sites for hydroxylation is 1. The molecule has 25 heavy (non-hydrogen) atoms. The van der Waals surface area contributed by atoms with Gasteiger partial charge in [-0.05, 0) is 69.2 Å². The van der Waals surface area contributed by atoms with Crippen molar-refractivity contribution in [3.8, 4) is 0 Å². The lowest BCUT2D eigenvalue weighted by molar-refractivity contribution is -0.179. The molecule has 6 heteroatoms. The molecular weight excluding hydrogens is 327 g/mol. The Bertz CT molecular complexity index is 572. The minimum absolute atomic E-state index is 0.186. The van der Waals surface area contributed by atoms with Crippen molar-refractivity contribution in [2.75, 3.05) is 23.3 Å². The van der Waals surface area contributed by atoms with E-state index in [9.17, 15) is 13.2 Å². The van der Waals surface area contributed by atoms with Gasteiger partial charge in [0, 0.05) is 36.5 Å². The summed E-state index contributed by atoms with van der Waals surface area (Å²) in [6, 6.07) is 7.00. The highest BCUT2D eigenvalue weighted by Crippen LogP contribution is 2.36. The number of rotatable bonds is 3. The normalized spacial score (nSPS) is 25.9. The van der Waals surface area contributed by atoms with Gasteiger partial charge in [0.2, 0.25) is 0 Å². The van der Waals surface area contributed by atoms with Crippen LogP contribution in [-0.4, -0.2) is 31.3 Å². The largest absolute Gasteiger partial charge is 0.391 e. The lowest BCUT2D eigenvalue weighted by Gasteiger charge is -2.35. The SMILES string of the molecule is Cc1cc(NC2CCC(N)CC2)ccc1N1CCC(C(F)(F)F)CC1. The highest BCUT2D eigenvalue weighted by Gasteiger charge is 2.41. The van der Waals surface area contributed by atoms with E-state index in [-0.39, 0.29) is 12.8 Å². The number of nitrogens with zero attached hydrogens (tertiary/aromatic N) is 1. The molecule has 140 valence electrons. The fourth-order valence-corrected chi connectivity index (χ4v) is 4.05. The highest BCUT2D eigenvalue weighted by molar-refractivity contribution is 5.61. The van der Waals surface area contributed by atoms with Gasteiger partial charge in [-0.2, -0.15) is 13.2 Å². The summed E-state index contributed by atoms with van der Waals surface area (Å²) in [5.41, 5.74) is 9.21. The minimum Gasteiger partial charge on any atom is -0.382 e. The molecule has 3 N–H and O–H groups in total. The summed E-state index contributed by atoms with van der Waals surface area (Å²) in [6.45, 7) is 2.98. The van der Waals surface area contributed by atoms with Crippen molar-refractivity contribution in [3.63, 3.8) is 0 Å². The first-order valence-corrected chi connectivity index (χ1v) is 9.27. The second-order valence-corrected chi connectivity index (χ2v) is 7.56. The summed E-state index contributed by atoms with van der Waals surface area (Å²) in [6.07, 6.45) is 0.611. The van der Waals surface area contributed by atoms with E-state index in [0.29, 0.717) is 25.2 Å². The van der Waals surface area contributed by atoms with E-state index in [1.54, 1.807) is 0 Å². The molecule has 1 saturated carbocycles. The Morgan fingerprint density at radius 3 is 2.24 bits per heavy atom. The molecule has 1 aliphatic carbocycles. The van der Waals surface area contributed by atoms with Gasteiger partial charge in [-0.15, -0.1) is 0 Å². The lowest BCUT2D eigenvalue weighted by Crippen LogP contribution is -2.39. The minimum atomic E-state index is -4.06. The van der Waals surface area contributed by atoms with Gasteiger partial charge in [-0.1, -0.05) is 0 Å². The smallest absolute Gasteiger partial charge is 0.382 e. The van der Waals surface area contributed by atoms with Crippen molar-refractivity contribution < 1.29 is 13.2 Å². The molecule has 1 aromatic carbocycles. The van der Waals surface area contributed by atoms with Crippen LogP contribution >= 0.6 is 0 Å². The van der Waals surface area contributed by atoms with Crippen molar-refractivity contribution in [1.82, 2.24) is 0 Å². The maximum absolute atomic E-state index is 12.8. The second kappa shape index (κ2) is 7.44. The molecule has 1 saturated heterocycles. The third-order valence-electron chi connectivity index (χ3n) is 5.64. The Hall–Kier alpha value is -1.43. The predicted molar refractivity (Wildman–Crippen MR) is 96.0 cm³/mol. The number of nitrogens with one attached hydrogen (secondary N) is 1. The van der Waals surface area contributed by atoms with Gasteiger partial charge in [0.1, 0.15) is 0 Å². The van der Waals surface area contributed by atoms with Gasteiger partial charge in [-0.25, -0.2) is 0 Å². The number of halogens is 3. The zero-order chi connectivity index (χ0) is 18.0. The van der Waals surface area contributed by atoms with E-state index < -0.39 is 12.1 Å². The van der Waals surface area contributed by atoms with Crippen LogP contribution in [0.25, 0.3) is 0 Å². The van der Waals surface area contributed by atoms with Crippen LogP contribution in [-0.2, 0) is 0 Å². The number of nitrogens with two attached hydrogens (primary N) is 1. The van der Waals surface area contributed by atoms with Gasteiger partial charge < -0.3 is 16.0 Å². The molecule has 0 radical (unpaired) electrons. The average molecular weight is 355 g/mol. The Labute approximate surface area is 147 Å². The maximum Gasteiger partial charge on any atom is 0.391 e. The number of alkyl halides is 3. The summed E-state index contributed by atoms with van der Waals surface area (Å²) in [5.74, 6) is -1.15. The zero-order valence-electron chi connectivity index (χ0n) is 14.8. The fourth-order valence-electron chi connectivity index (χ4n) is 4.05. The Balaban J connectivity index is 1.59. The molecule has 3 rings (SSSR count). The molecule has 1 aliphatic heterocycles. The average Bonchev–Trinajstić information content (AvgIpc) is 2.56. The van der Waals surface area contributed by atoms with E-state index in [0.717, 1.165) is 42.6 Å². The third kappa shape index (κ3) is 4.60. The molecule has 1 aromatic rings. The molecular formula is C19H28F3N3. The number of anilines is 2. The first-order valence-electron chi connectivity index (χ1n) is 9.27. The van der Waals surface area contributed by atoms with E-state index in [2.05, 4.69) is 16.3 Å². The molecule has 0 unspecified atom stereocenters. The van der Waals surface area contributed by atoms with Crippen molar-refractivity contribution in [1.29, 1.82) is 0 Å². The molecule has 0 amide bonds. The van der Waals surface area contributed by atoms with Crippen LogP contribution < -0.4 is 16.0 Å². The summed E-state index contributed by atoms with van der Waals surface area (Å²) in [5, 5.41) is 3.58. The standard InChI is InChI=1S/C19H28F3N3/c1-13-12-17(24-16-4-2-15(23)3-5-16)6-7-18(13)25-10-8-14(9-11-25)19(20,21)22/h6-7,12,14-16,24H,2-5,8-11,23H2,1H3. The molecule has 0 aromatic heterocycles. The second-order valence-electron chi connectivity index (χ2n) is 7.56. The van der Waals surface area contributed by atoms with E-state index in [1.165, 1.54) is 0 Å². The highest BCUT2D eigenvalue weighted by atomic mass is 19.4. The number of benzene rings is 1. The zero-order valence-corrected chi connectivity index (χ0v) is 14.8. The maximum atomic E-state index is 12.8. The first kappa shape index (κ1) is 18.4. The molecule has 0 spiro atoms. The van der Waals surface area contributed by atoms with Crippen molar-refractivity contribution in [2.45, 2.75) is 63.7 Å². The summed E-state index contributed by atoms with van der Waals surface area (Å²) in [7, 11) is 0. The van der Waals surface area contributed by atoms with Gasteiger partial charge >= 0.3 is 6.18 Å². The summed E-state index contributed by atoms with van der Waals surface area (Å²) < 4.78 is 38.4. The quantitative estimate of drug-likeness (QED) is 0.841. The fraction of sp³-hybridized carbons (Fsp3) is 0.684. The van der Waals surface area contributed by atoms with Crippen LogP contribution in [0.1, 0.15) is 44.1 Å². The Morgan fingerprint density at radius 1 is 1.04 bits per heavy atom. The number of piperidine rings is 1. The van der Waals surface area contributed by atoms with Crippen molar-refractivity contribution in [3.05, 3.63) is 23.8 Å². The van der Waals surface area contributed by atoms with Crippen LogP contribution in [0.4, 0.5) is 24.5 Å². The molecule has 0 bridgehead atoms. The van der Waals surface area contributed by atoms with Crippen molar-refractivity contribution >= 4 is 11.4 Å². The number of hydrogen-bond donors (Lipinski definition) is 2. The molecule has 2 fully saturated rings. The van der Waals surface area contributed by atoms with Crippen LogP contribution in [0, 0.1) is 12.8 Å². The van der Waals surface area contributed by atoms with Crippen LogP contribution in [0.5, 0.6) is 0 Å². The van der Waals surface area contributed by atoms with Gasteiger partial charge in [-0.3, -0.25) is 0 Å². The lowest BCUT2D eigenvalue weighted by atomic mass is 9.91. The van der Waals surface area contributed by atoms with Gasteiger partial charge in [0.15, 0.2) is 0 Å². The van der Waals surface area contributed by atoms with E-state index >= 15 is 0 Å². The molecule has 3 nitrogen and oxygen atoms in total.